The van der Waals surface area contributed by atoms with E-state index in [2.05, 4.69) is 0 Å². The Balaban J connectivity index is 2.72. The number of halogens is 3. The standard InChI is InChI=1S/C11H14F3NO/c1-8-4-2-3-5-9(8)10(6-15)16-7-11(12,13)14/h2-5,10H,6-7,15H2,1H3. The van der Waals surface area contributed by atoms with E-state index in [1.54, 1.807) is 12.1 Å². The van der Waals surface area contributed by atoms with E-state index in [0.717, 1.165) is 5.56 Å². The van der Waals surface area contributed by atoms with Crippen molar-refractivity contribution in [3.05, 3.63) is 35.4 Å². The summed E-state index contributed by atoms with van der Waals surface area (Å²) >= 11 is 0. The maximum Gasteiger partial charge on any atom is 0.411 e. The zero-order valence-electron chi connectivity index (χ0n) is 8.92. The van der Waals surface area contributed by atoms with Crippen LogP contribution in [0.25, 0.3) is 0 Å². The molecular weight excluding hydrogens is 219 g/mol. The first-order valence-electron chi connectivity index (χ1n) is 4.88. The fraction of sp³-hybridized carbons (Fsp3) is 0.455. The van der Waals surface area contributed by atoms with Crippen molar-refractivity contribution in [1.82, 2.24) is 0 Å². The molecule has 1 atom stereocenters. The topological polar surface area (TPSA) is 35.2 Å². The van der Waals surface area contributed by atoms with Crippen LogP contribution in [0, 0.1) is 6.92 Å². The number of rotatable bonds is 4. The molecule has 0 radical (unpaired) electrons. The van der Waals surface area contributed by atoms with Gasteiger partial charge in [0.05, 0.1) is 6.10 Å². The first kappa shape index (κ1) is 13.0. The number of alkyl halides is 3. The first-order valence-corrected chi connectivity index (χ1v) is 4.88. The Morgan fingerprint density at radius 2 is 1.94 bits per heavy atom. The van der Waals surface area contributed by atoms with Crippen molar-refractivity contribution in [1.29, 1.82) is 0 Å². The highest BCUT2D eigenvalue weighted by atomic mass is 19.4. The van der Waals surface area contributed by atoms with Crippen molar-refractivity contribution in [3.63, 3.8) is 0 Å². The Labute approximate surface area is 92.2 Å². The van der Waals surface area contributed by atoms with Crippen molar-refractivity contribution >= 4 is 0 Å². The maximum absolute atomic E-state index is 12.0. The summed E-state index contributed by atoms with van der Waals surface area (Å²) in [5.74, 6) is 0. The molecule has 16 heavy (non-hydrogen) atoms. The smallest absolute Gasteiger partial charge is 0.363 e. The Kier molecular flexibility index (Phi) is 4.32. The minimum Gasteiger partial charge on any atom is -0.363 e. The third-order valence-electron chi connectivity index (χ3n) is 2.20. The SMILES string of the molecule is Cc1ccccc1C(CN)OCC(F)(F)F. The Morgan fingerprint density at radius 3 is 2.44 bits per heavy atom. The third kappa shape index (κ3) is 3.83. The van der Waals surface area contributed by atoms with E-state index >= 15 is 0 Å². The van der Waals surface area contributed by atoms with Gasteiger partial charge in [0.15, 0.2) is 0 Å². The number of hydrogen-bond acceptors (Lipinski definition) is 2. The molecule has 90 valence electrons. The maximum atomic E-state index is 12.0. The zero-order chi connectivity index (χ0) is 12.2. The molecule has 0 aliphatic heterocycles. The van der Waals surface area contributed by atoms with Gasteiger partial charge in [-0.3, -0.25) is 0 Å². The van der Waals surface area contributed by atoms with Crippen molar-refractivity contribution in [3.8, 4) is 0 Å². The van der Waals surface area contributed by atoms with Crippen LogP contribution in [0.5, 0.6) is 0 Å². The number of ether oxygens (including phenoxy) is 1. The van der Waals surface area contributed by atoms with E-state index < -0.39 is 18.9 Å². The normalized spacial score (nSPS) is 13.8. The van der Waals surface area contributed by atoms with Crippen LogP contribution in [0.1, 0.15) is 17.2 Å². The van der Waals surface area contributed by atoms with E-state index in [0.29, 0.717) is 5.56 Å². The molecule has 2 nitrogen and oxygen atoms in total. The molecule has 0 bridgehead atoms. The molecular formula is C11H14F3NO. The van der Waals surface area contributed by atoms with E-state index in [9.17, 15) is 13.2 Å². The Morgan fingerprint density at radius 1 is 1.31 bits per heavy atom. The Hall–Kier alpha value is -1.07. The molecule has 0 saturated heterocycles. The molecule has 0 fully saturated rings. The molecule has 0 saturated carbocycles. The number of aryl methyl sites for hydroxylation is 1. The average molecular weight is 233 g/mol. The van der Waals surface area contributed by atoms with Gasteiger partial charge in [-0.2, -0.15) is 13.2 Å². The molecule has 1 aromatic rings. The minimum absolute atomic E-state index is 0.0287. The van der Waals surface area contributed by atoms with Gasteiger partial charge in [-0.05, 0) is 18.1 Å². The highest BCUT2D eigenvalue weighted by Crippen LogP contribution is 2.23. The van der Waals surface area contributed by atoms with Gasteiger partial charge in [-0.25, -0.2) is 0 Å². The second-order valence-electron chi connectivity index (χ2n) is 3.51. The number of benzene rings is 1. The molecule has 5 heteroatoms. The average Bonchev–Trinajstić information content (AvgIpc) is 2.20. The quantitative estimate of drug-likeness (QED) is 0.867. The van der Waals surface area contributed by atoms with Crippen molar-refractivity contribution in [2.75, 3.05) is 13.2 Å². The van der Waals surface area contributed by atoms with Crippen LogP contribution in [0.3, 0.4) is 0 Å². The highest BCUT2D eigenvalue weighted by Gasteiger charge is 2.29. The van der Waals surface area contributed by atoms with E-state index in [1.165, 1.54) is 0 Å². The molecule has 1 rings (SSSR count). The van der Waals surface area contributed by atoms with Gasteiger partial charge < -0.3 is 10.5 Å². The fourth-order valence-corrected chi connectivity index (χ4v) is 1.43. The lowest BCUT2D eigenvalue weighted by Crippen LogP contribution is -2.24. The van der Waals surface area contributed by atoms with E-state index in [1.807, 2.05) is 19.1 Å². The van der Waals surface area contributed by atoms with Crippen LogP contribution >= 0.6 is 0 Å². The highest BCUT2D eigenvalue weighted by molar-refractivity contribution is 5.27. The van der Waals surface area contributed by atoms with Gasteiger partial charge in [-0.1, -0.05) is 24.3 Å². The fourth-order valence-electron chi connectivity index (χ4n) is 1.43. The van der Waals surface area contributed by atoms with Gasteiger partial charge in [0.1, 0.15) is 6.61 Å². The van der Waals surface area contributed by atoms with Crippen molar-refractivity contribution < 1.29 is 17.9 Å². The van der Waals surface area contributed by atoms with Gasteiger partial charge >= 0.3 is 6.18 Å². The summed E-state index contributed by atoms with van der Waals surface area (Å²) in [7, 11) is 0. The van der Waals surface area contributed by atoms with Crippen LogP contribution in [0.2, 0.25) is 0 Å². The van der Waals surface area contributed by atoms with Crippen LogP contribution in [0.15, 0.2) is 24.3 Å². The minimum atomic E-state index is -4.32. The lowest BCUT2D eigenvalue weighted by atomic mass is 10.0. The summed E-state index contributed by atoms with van der Waals surface area (Å²) < 4.78 is 40.8. The summed E-state index contributed by atoms with van der Waals surface area (Å²) in [6.07, 6.45) is -5.03. The number of hydrogen-bond donors (Lipinski definition) is 1. The van der Waals surface area contributed by atoms with Crippen molar-refractivity contribution in [2.45, 2.75) is 19.2 Å². The van der Waals surface area contributed by atoms with Gasteiger partial charge in [0, 0.05) is 6.54 Å². The largest absolute Gasteiger partial charge is 0.411 e. The molecule has 1 unspecified atom stereocenters. The monoisotopic (exact) mass is 233 g/mol. The van der Waals surface area contributed by atoms with Crippen LogP contribution in [-0.4, -0.2) is 19.3 Å². The molecule has 0 heterocycles. The molecule has 0 spiro atoms. The van der Waals surface area contributed by atoms with Gasteiger partial charge in [0.25, 0.3) is 0 Å². The first-order chi connectivity index (χ1) is 7.44. The van der Waals surface area contributed by atoms with Crippen LogP contribution < -0.4 is 5.73 Å². The van der Waals surface area contributed by atoms with E-state index in [-0.39, 0.29) is 6.54 Å². The second-order valence-corrected chi connectivity index (χ2v) is 3.51. The molecule has 0 amide bonds. The predicted octanol–water partition coefficient (Wildman–Crippen LogP) is 2.57. The van der Waals surface area contributed by atoms with Gasteiger partial charge in [-0.15, -0.1) is 0 Å². The molecule has 0 aromatic heterocycles. The van der Waals surface area contributed by atoms with E-state index in [4.69, 9.17) is 10.5 Å². The lowest BCUT2D eigenvalue weighted by Gasteiger charge is -2.19. The summed E-state index contributed by atoms with van der Waals surface area (Å²) in [4.78, 5) is 0. The lowest BCUT2D eigenvalue weighted by molar-refractivity contribution is -0.185. The molecule has 1 aromatic carbocycles. The predicted molar refractivity (Wildman–Crippen MR) is 55.0 cm³/mol. The summed E-state index contributed by atoms with van der Waals surface area (Å²) in [6, 6.07) is 7.11. The third-order valence-corrected chi connectivity index (χ3v) is 2.20. The second kappa shape index (κ2) is 5.32. The van der Waals surface area contributed by atoms with Crippen LogP contribution in [0.4, 0.5) is 13.2 Å². The summed E-state index contributed by atoms with van der Waals surface area (Å²) in [5, 5.41) is 0. The number of nitrogens with two attached hydrogens (primary N) is 1. The van der Waals surface area contributed by atoms with Gasteiger partial charge in [0.2, 0.25) is 0 Å². The molecule has 2 N–H and O–H groups in total. The van der Waals surface area contributed by atoms with Crippen LogP contribution in [-0.2, 0) is 4.74 Å². The Bertz CT molecular complexity index is 338. The molecule has 0 aliphatic rings. The zero-order valence-corrected chi connectivity index (χ0v) is 8.92. The summed E-state index contributed by atoms with van der Waals surface area (Å²) in [6.45, 7) is 0.569. The molecule has 0 aliphatic carbocycles. The summed E-state index contributed by atoms with van der Waals surface area (Å²) in [5.41, 5.74) is 6.99. The van der Waals surface area contributed by atoms with Crippen molar-refractivity contribution in [2.24, 2.45) is 5.73 Å².